The molecule has 2 aliphatic rings. The van der Waals surface area contributed by atoms with E-state index in [0.29, 0.717) is 85.2 Å². The average molecular weight is 648 g/mol. The summed E-state index contributed by atoms with van der Waals surface area (Å²) in [6.45, 7) is 8.91. The van der Waals surface area contributed by atoms with Gasteiger partial charge in [0.2, 0.25) is 5.91 Å². The van der Waals surface area contributed by atoms with E-state index in [-0.39, 0.29) is 47.4 Å². The number of piperidine rings is 1. The van der Waals surface area contributed by atoms with E-state index in [0.717, 1.165) is 5.69 Å². The van der Waals surface area contributed by atoms with Crippen molar-refractivity contribution in [1.29, 1.82) is 0 Å². The molecule has 0 spiro atoms. The Morgan fingerprint density at radius 3 is 2.36 bits per heavy atom. The number of primary amides is 1. The Balaban J connectivity index is 0.00000552. The summed E-state index contributed by atoms with van der Waals surface area (Å²) in [7, 11) is 5.94. The first-order valence-electron chi connectivity index (χ1n) is 15.5. The molecule has 2 aromatic rings. The number of nitrogens with two attached hydrogens (primary N) is 1. The average Bonchev–Trinajstić information content (AvgIpc) is 3.25. The summed E-state index contributed by atoms with van der Waals surface area (Å²) in [6, 6.07) is 3.05. The van der Waals surface area contributed by atoms with Crippen molar-refractivity contribution in [2.24, 2.45) is 17.1 Å². The largest absolute Gasteiger partial charge is 1.00 e. The highest BCUT2D eigenvalue weighted by molar-refractivity contribution is 6.00. The highest BCUT2D eigenvalue weighted by atomic mass is 35.5. The molecule has 0 bridgehead atoms. The van der Waals surface area contributed by atoms with Gasteiger partial charge in [0.05, 0.1) is 55.8 Å². The molecule has 0 saturated carbocycles. The lowest BCUT2D eigenvalue weighted by molar-refractivity contribution is -0.873. The molecular weight excluding hydrogens is 601 g/mol. The molecule has 1 aliphatic carbocycles. The minimum Gasteiger partial charge on any atom is -1.00 e. The number of benzene rings is 1. The number of rotatable bonds is 10. The first-order valence-corrected chi connectivity index (χ1v) is 15.5. The lowest BCUT2D eigenvalue weighted by Gasteiger charge is -2.34. The van der Waals surface area contributed by atoms with Crippen LogP contribution in [0.1, 0.15) is 91.0 Å². The van der Waals surface area contributed by atoms with E-state index >= 15 is 4.39 Å². The van der Waals surface area contributed by atoms with E-state index in [4.69, 9.17) is 15.6 Å². The van der Waals surface area contributed by atoms with Crippen LogP contribution >= 0.6 is 0 Å². The maximum atomic E-state index is 15.5. The Kier molecular flexibility index (Phi) is 11.2. The first-order chi connectivity index (χ1) is 20.5. The molecule has 1 atom stereocenters. The molecular formula is C33H47ClFN5O5. The maximum Gasteiger partial charge on any atom is 0.303 e. The number of carbonyl (C=O) groups is 4. The van der Waals surface area contributed by atoms with Crippen LogP contribution in [0, 0.1) is 17.2 Å². The van der Waals surface area contributed by atoms with E-state index in [1.807, 2.05) is 41.9 Å². The summed E-state index contributed by atoms with van der Waals surface area (Å²) < 4.78 is 23.2. The van der Waals surface area contributed by atoms with Gasteiger partial charge in [-0.3, -0.25) is 19.2 Å². The predicted molar refractivity (Wildman–Crippen MR) is 164 cm³/mol. The zero-order valence-electron chi connectivity index (χ0n) is 27.5. The van der Waals surface area contributed by atoms with Crippen LogP contribution in [0.5, 0.6) is 0 Å². The number of hydrogen-bond donors (Lipinski definition) is 1. The zero-order valence-corrected chi connectivity index (χ0v) is 28.3. The number of likely N-dealkylation sites (tertiary alicyclic amines) is 1. The van der Waals surface area contributed by atoms with Crippen LogP contribution in [0.2, 0.25) is 0 Å². The van der Waals surface area contributed by atoms with E-state index in [9.17, 15) is 19.2 Å². The van der Waals surface area contributed by atoms with Crippen molar-refractivity contribution in [1.82, 2.24) is 14.7 Å². The standard InChI is InChI=1S/C33H46FN5O5.ClH/c1-8-26-31-27(17-33(3,4)18-28(31)41)38(36-26)23-14-22(30(32(35)43)25(34)15-23)13-21-9-11-37(12-10-21)29(42)16-24(44-20(2)40)19-39(5,6)7;/h14-15,21,24H,8-13,16-19H2,1-7H3,(H-,35,43);1H. The fraction of sp³-hybridized carbons (Fsp3) is 0.606. The minimum absolute atomic E-state index is 0. The van der Waals surface area contributed by atoms with Crippen molar-refractivity contribution in [2.45, 2.75) is 78.7 Å². The number of Topliss-reactive ketones (excluding diaryl/α,β-unsaturated/α-hetero) is 1. The van der Waals surface area contributed by atoms with Crippen molar-refractivity contribution in [2.75, 3.05) is 40.8 Å². The lowest BCUT2D eigenvalue weighted by Crippen LogP contribution is -3.00. The molecule has 1 aliphatic heterocycles. The van der Waals surface area contributed by atoms with Crippen molar-refractivity contribution in [3.8, 4) is 5.69 Å². The Morgan fingerprint density at radius 2 is 1.80 bits per heavy atom. The van der Waals surface area contributed by atoms with Gasteiger partial charge in [0.25, 0.3) is 5.91 Å². The zero-order chi connectivity index (χ0) is 32.6. The van der Waals surface area contributed by atoms with E-state index < -0.39 is 23.8 Å². The van der Waals surface area contributed by atoms with E-state index in [1.165, 1.54) is 13.0 Å². The summed E-state index contributed by atoms with van der Waals surface area (Å²) in [4.78, 5) is 52.0. The molecule has 1 fully saturated rings. The summed E-state index contributed by atoms with van der Waals surface area (Å²) in [5, 5.41) is 4.73. The molecule has 1 aromatic heterocycles. The molecule has 45 heavy (non-hydrogen) atoms. The lowest BCUT2D eigenvalue weighted by atomic mass is 9.75. The molecule has 10 nitrogen and oxygen atoms in total. The van der Waals surface area contributed by atoms with Crippen molar-refractivity contribution in [3.63, 3.8) is 0 Å². The van der Waals surface area contributed by atoms with Gasteiger partial charge in [-0.15, -0.1) is 0 Å². The van der Waals surface area contributed by atoms with Crippen LogP contribution in [0.4, 0.5) is 4.39 Å². The molecule has 1 saturated heterocycles. The molecule has 12 heteroatoms. The Hall–Kier alpha value is -3.31. The number of ether oxygens (including phenoxy) is 1. The number of quaternary nitrogens is 1. The number of esters is 1. The number of likely N-dealkylation sites (N-methyl/N-ethyl adjacent to an activating group) is 1. The topological polar surface area (TPSA) is 125 Å². The molecule has 2 amide bonds. The fourth-order valence-corrected chi connectivity index (χ4v) is 6.71. The SMILES string of the molecule is CCc1nn(-c2cc(F)c(C(N)=O)c(CC3CCN(C(=O)CC(C[N+](C)(C)C)OC(C)=O)CC3)c2)c2c1C(=O)CC(C)(C)C2.[Cl-]. The van der Waals surface area contributed by atoms with Gasteiger partial charge in [0.1, 0.15) is 12.4 Å². The Bertz CT molecular complexity index is 1460. The van der Waals surface area contributed by atoms with E-state index in [1.54, 1.807) is 15.6 Å². The third-order valence-electron chi connectivity index (χ3n) is 8.56. The monoisotopic (exact) mass is 647 g/mol. The number of hydrogen-bond acceptors (Lipinski definition) is 6. The fourth-order valence-electron chi connectivity index (χ4n) is 6.71. The third kappa shape index (κ3) is 8.70. The first kappa shape index (κ1) is 36.2. The summed E-state index contributed by atoms with van der Waals surface area (Å²) >= 11 is 0. The number of aryl methyl sites for hydroxylation is 1. The second kappa shape index (κ2) is 14.0. The van der Waals surface area contributed by atoms with Gasteiger partial charge in [0, 0.05) is 32.5 Å². The number of carbonyl (C=O) groups excluding carboxylic acids is 4. The van der Waals surface area contributed by atoms with Crippen LogP contribution in [0.3, 0.4) is 0 Å². The number of fused-ring (bicyclic) bond motifs is 1. The Labute approximate surface area is 271 Å². The summed E-state index contributed by atoms with van der Waals surface area (Å²) in [5.41, 5.74) is 8.31. The Morgan fingerprint density at radius 1 is 1.16 bits per heavy atom. The normalized spacial score (nSPS) is 17.3. The van der Waals surface area contributed by atoms with Crippen LogP contribution < -0.4 is 18.1 Å². The molecule has 2 heterocycles. The van der Waals surface area contributed by atoms with Crippen LogP contribution in [-0.4, -0.2) is 89.6 Å². The van der Waals surface area contributed by atoms with Crippen LogP contribution in [0.15, 0.2) is 12.1 Å². The van der Waals surface area contributed by atoms with Gasteiger partial charge >= 0.3 is 5.97 Å². The maximum absolute atomic E-state index is 15.5. The molecule has 1 unspecified atom stereocenters. The van der Waals surface area contributed by atoms with E-state index in [2.05, 4.69) is 0 Å². The quantitative estimate of drug-likeness (QED) is 0.298. The molecule has 2 N–H and O–H groups in total. The summed E-state index contributed by atoms with van der Waals surface area (Å²) in [6.07, 6.45) is 2.99. The van der Waals surface area contributed by atoms with Crippen molar-refractivity contribution in [3.05, 3.63) is 46.0 Å². The second-order valence-corrected chi connectivity index (χ2v) is 14.2. The van der Waals surface area contributed by atoms with Gasteiger partial charge in [-0.1, -0.05) is 20.8 Å². The number of ketones is 1. The van der Waals surface area contributed by atoms with Crippen molar-refractivity contribution < 1.29 is 45.2 Å². The highest BCUT2D eigenvalue weighted by Gasteiger charge is 2.37. The van der Waals surface area contributed by atoms with Crippen LogP contribution in [0.25, 0.3) is 5.69 Å². The van der Waals surface area contributed by atoms with Gasteiger partial charge in [-0.05, 0) is 55.1 Å². The van der Waals surface area contributed by atoms with Crippen LogP contribution in [-0.2, 0) is 33.6 Å². The number of amides is 2. The number of aromatic nitrogens is 2. The summed E-state index contributed by atoms with van der Waals surface area (Å²) in [5.74, 6) is -1.88. The highest BCUT2D eigenvalue weighted by Crippen LogP contribution is 2.38. The second-order valence-electron chi connectivity index (χ2n) is 14.2. The minimum atomic E-state index is -0.835. The number of halogens is 2. The van der Waals surface area contributed by atoms with Gasteiger partial charge in [-0.25, -0.2) is 9.07 Å². The molecule has 4 rings (SSSR count). The smallest absolute Gasteiger partial charge is 0.303 e. The number of nitrogens with zero attached hydrogens (tertiary/aromatic N) is 4. The molecule has 0 radical (unpaired) electrons. The van der Waals surface area contributed by atoms with Crippen molar-refractivity contribution >= 4 is 23.6 Å². The van der Waals surface area contributed by atoms with Gasteiger partial charge < -0.3 is 32.3 Å². The predicted octanol–water partition coefficient (Wildman–Crippen LogP) is 0.641. The molecule has 1 aromatic carbocycles. The third-order valence-corrected chi connectivity index (χ3v) is 8.56. The molecule has 248 valence electrons. The van der Waals surface area contributed by atoms with Gasteiger partial charge in [0.15, 0.2) is 11.9 Å². The van der Waals surface area contributed by atoms with Gasteiger partial charge in [-0.2, -0.15) is 5.10 Å².